The van der Waals surface area contributed by atoms with Crippen molar-refractivity contribution in [2.75, 3.05) is 12.8 Å². The Labute approximate surface area is 216 Å². The van der Waals surface area contributed by atoms with Crippen LogP contribution < -0.4 is 15.8 Å². The number of rotatable bonds is 9. The Morgan fingerprint density at radius 3 is 2.27 bits per heavy atom. The molecule has 1 atom stereocenters. The standard InChI is InChI=1S/C30H31N5O2/c1-20(12-13-21-8-4-3-5-9-21)32-30(36)26-27-29(34-25-11-7-6-10-24(25)33-27)35(28(26)31)19-18-22-14-16-23(37-2)17-15-22/h3-11,14-17,20H,12-13,18-19,31H2,1-2H3,(H,32,36)/t20-/m0/s1. The molecular formula is C30H31N5O2. The van der Waals surface area contributed by atoms with Gasteiger partial charge in [-0.3, -0.25) is 4.79 Å². The van der Waals surface area contributed by atoms with E-state index in [1.165, 1.54) is 5.56 Å². The average molecular weight is 494 g/mol. The van der Waals surface area contributed by atoms with Gasteiger partial charge in [-0.15, -0.1) is 0 Å². The van der Waals surface area contributed by atoms with Gasteiger partial charge in [0.05, 0.1) is 18.1 Å². The molecule has 0 bridgehead atoms. The van der Waals surface area contributed by atoms with Crippen molar-refractivity contribution in [1.29, 1.82) is 0 Å². The highest BCUT2D eigenvalue weighted by atomic mass is 16.5. The number of nitrogens with zero attached hydrogens (tertiary/aromatic N) is 3. The molecule has 1 amide bonds. The van der Waals surface area contributed by atoms with Crippen molar-refractivity contribution >= 4 is 33.9 Å². The lowest BCUT2D eigenvalue weighted by Gasteiger charge is -2.14. The number of anilines is 1. The molecule has 0 fully saturated rings. The number of aryl methyl sites for hydroxylation is 3. The van der Waals surface area contributed by atoms with Crippen molar-refractivity contribution < 1.29 is 9.53 Å². The van der Waals surface area contributed by atoms with Gasteiger partial charge < -0.3 is 20.4 Å². The fraction of sp³-hybridized carbons (Fsp3) is 0.233. The van der Waals surface area contributed by atoms with Gasteiger partial charge in [-0.1, -0.05) is 54.6 Å². The second kappa shape index (κ2) is 10.7. The highest BCUT2D eigenvalue weighted by Gasteiger charge is 2.24. The van der Waals surface area contributed by atoms with Crippen molar-refractivity contribution in [3.8, 4) is 5.75 Å². The Kier molecular flexibility index (Phi) is 7.03. The number of ether oxygens (including phenoxy) is 1. The van der Waals surface area contributed by atoms with Crippen molar-refractivity contribution in [3.63, 3.8) is 0 Å². The van der Waals surface area contributed by atoms with Gasteiger partial charge in [-0.05, 0) is 61.6 Å². The Bertz CT molecular complexity index is 1530. The number of benzene rings is 3. The topological polar surface area (TPSA) is 95.1 Å². The predicted octanol–water partition coefficient (Wildman–Crippen LogP) is 5.17. The van der Waals surface area contributed by atoms with Crippen LogP contribution in [0.4, 0.5) is 5.82 Å². The summed E-state index contributed by atoms with van der Waals surface area (Å²) in [5.74, 6) is 0.967. The van der Waals surface area contributed by atoms with Crippen LogP contribution in [0.5, 0.6) is 5.75 Å². The zero-order valence-electron chi connectivity index (χ0n) is 21.1. The quantitative estimate of drug-likeness (QED) is 0.295. The first-order chi connectivity index (χ1) is 18.0. The molecule has 0 saturated carbocycles. The monoisotopic (exact) mass is 493 g/mol. The van der Waals surface area contributed by atoms with Crippen molar-refractivity contribution in [1.82, 2.24) is 19.9 Å². The molecule has 0 aliphatic rings. The normalized spacial score (nSPS) is 12.1. The number of methoxy groups -OCH3 is 1. The van der Waals surface area contributed by atoms with Gasteiger partial charge in [0.2, 0.25) is 0 Å². The van der Waals surface area contributed by atoms with Crippen LogP contribution in [-0.4, -0.2) is 33.6 Å². The molecule has 3 N–H and O–H groups in total. The summed E-state index contributed by atoms with van der Waals surface area (Å²) in [6.07, 6.45) is 2.42. The molecule has 5 rings (SSSR count). The summed E-state index contributed by atoms with van der Waals surface area (Å²) in [4.78, 5) is 23.2. The molecule has 0 saturated heterocycles. The van der Waals surface area contributed by atoms with Crippen LogP contribution in [-0.2, 0) is 19.4 Å². The molecule has 3 aromatic carbocycles. The van der Waals surface area contributed by atoms with Crippen LogP contribution in [0.15, 0.2) is 78.9 Å². The number of hydrogen-bond acceptors (Lipinski definition) is 5. The molecule has 0 unspecified atom stereocenters. The van der Waals surface area contributed by atoms with Gasteiger partial charge in [0.15, 0.2) is 5.65 Å². The Morgan fingerprint density at radius 1 is 0.919 bits per heavy atom. The third-order valence-corrected chi connectivity index (χ3v) is 6.69. The van der Waals surface area contributed by atoms with E-state index in [9.17, 15) is 4.79 Å². The van der Waals surface area contributed by atoms with Gasteiger partial charge in [-0.2, -0.15) is 0 Å². The van der Waals surface area contributed by atoms with Crippen molar-refractivity contribution in [2.45, 2.75) is 38.8 Å². The molecule has 0 spiro atoms. The molecular weight excluding hydrogens is 462 g/mol. The second-order valence-electron chi connectivity index (χ2n) is 9.29. The third-order valence-electron chi connectivity index (χ3n) is 6.69. The lowest BCUT2D eigenvalue weighted by atomic mass is 10.1. The molecule has 7 nitrogen and oxygen atoms in total. The van der Waals surface area contributed by atoms with E-state index in [1.807, 2.05) is 78.2 Å². The minimum absolute atomic E-state index is 0.0294. The number of nitrogen functional groups attached to an aromatic ring is 1. The molecule has 37 heavy (non-hydrogen) atoms. The first kappa shape index (κ1) is 24.3. The van der Waals surface area contributed by atoms with Gasteiger partial charge in [0, 0.05) is 12.6 Å². The van der Waals surface area contributed by atoms with E-state index in [0.717, 1.165) is 41.6 Å². The molecule has 188 valence electrons. The minimum atomic E-state index is -0.226. The summed E-state index contributed by atoms with van der Waals surface area (Å²) < 4.78 is 7.17. The minimum Gasteiger partial charge on any atom is -0.497 e. The molecule has 0 aliphatic carbocycles. The molecule has 5 aromatic rings. The van der Waals surface area contributed by atoms with E-state index >= 15 is 0 Å². The van der Waals surface area contributed by atoms with Crippen LogP contribution in [0, 0.1) is 0 Å². The zero-order chi connectivity index (χ0) is 25.8. The third kappa shape index (κ3) is 5.26. The number of para-hydroxylation sites is 2. The van der Waals surface area contributed by atoms with E-state index in [2.05, 4.69) is 17.4 Å². The molecule has 0 radical (unpaired) electrons. The number of hydrogen-bond donors (Lipinski definition) is 2. The SMILES string of the molecule is COc1ccc(CCn2c(N)c(C(=O)N[C@@H](C)CCc3ccccc3)c3nc4ccccc4nc32)cc1. The van der Waals surface area contributed by atoms with Gasteiger partial charge in [-0.25, -0.2) is 9.97 Å². The Balaban J connectivity index is 1.44. The van der Waals surface area contributed by atoms with Crippen LogP contribution in [0.25, 0.3) is 22.2 Å². The summed E-state index contributed by atoms with van der Waals surface area (Å²) in [6.45, 7) is 2.58. The molecule has 0 aliphatic heterocycles. The summed E-state index contributed by atoms with van der Waals surface area (Å²) in [5, 5.41) is 3.13. The highest BCUT2D eigenvalue weighted by molar-refractivity contribution is 6.10. The van der Waals surface area contributed by atoms with Crippen LogP contribution in [0.1, 0.15) is 34.8 Å². The van der Waals surface area contributed by atoms with Crippen LogP contribution in [0.2, 0.25) is 0 Å². The molecule has 2 heterocycles. The molecule has 7 heteroatoms. The number of nitrogens with one attached hydrogen (secondary N) is 1. The number of carbonyl (C=O) groups is 1. The maximum absolute atomic E-state index is 13.5. The molecule has 2 aromatic heterocycles. The number of carbonyl (C=O) groups excluding carboxylic acids is 1. The van der Waals surface area contributed by atoms with Crippen molar-refractivity contribution in [2.24, 2.45) is 0 Å². The summed E-state index contributed by atoms with van der Waals surface area (Å²) in [5.41, 5.74) is 12.0. The van der Waals surface area contributed by atoms with Gasteiger partial charge >= 0.3 is 0 Å². The summed E-state index contributed by atoms with van der Waals surface area (Å²) in [7, 11) is 1.65. The van der Waals surface area contributed by atoms with E-state index in [-0.39, 0.29) is 11.9 Å². The first-order valence-corrected chi connectivity index (χ1v) is 12.6. The first-order valence-electron chi connectivity index (χ1n) is 12.6. The maximum Gasteiger partial charge on any atom is 0.257 e. The van der Waals surface area contributed by atoms with Gasteiger partial charge in [0.25, 0.3) is 5.91 Å². The fourth-order valence-electron chi connectivity index (χ4n) is 4.60. The van der Waals surface area contributed by atoms with Gasteiger partial charge in [0.1, 0.15) is 22.6 Å². The summed E-state index contributed by atoms with van der Waals surface area (Å²) >= 11 is 0. The zero-order valence-corrected chi connectivity index (χ0v) is 21.1. The smallest absolute Gasteiger partial charge is 0.257 e. The van der Waals surface area contributed by atoms with Crippen LogP contribution in [0.3, 0.4) is 0 Å². The summed E-state index contributed by atoms with van der Waals surface area (Å²) in [6, 6.07) is 25.8. The van der Waals surface area contributed by atoms with E-state index in [4.69, 9.17) is 20.4 Å². The second-order valence-corrected chi connectivity index (χ2v) is 9.29. The Hall–Kier alpha value is -4.39. The lowest BCUT2D eigenvalue weighted by Crippen LogP contribution is -2.33. The largest absolute Gasteiger partial charge is 0.497 e. The van der Waals surface area contributed by atoms with Crippen LogP contribution >= 0.6 is 0 Å². The Morgan fingerprint density at radius 2 is 1.57 bits per heavy atom. The number of aromatic nitrogens is 3. The highest BCUT2D eigenvalue weighted by Crippen LogP contribution is 2.28. The fourth-order valence-corrected chi connectivity index (χ4v) is 4.60. The lowest BCUT2D eigenvalue weighted by molar-refractivity contribution is 0.0940. The van der Waals surface area contributed by atoms with Crippen molar-refractivity contribution in [3.05, 3.63) is 95.6 Å². The maximum atomic E-state index is 13.5. The van der Waals surface area contributed by atoms with E-state index < -0.39 is 0 Å². The number of nitrogens with two attached hydrogens (primary N) is 1. The van der Waals surface area contributed by atoms with E-state index in [1.54, 1.807) is 7.11 Å². The average Bonchev–Trinajstić information content (AvgIpc) is 3.20. The number of fused-ring (bicyclic) bond motifs is 2. The number of amides is 1. The van der Waals surface area contributed by atoms with E-state index in [0.29, 0.717) is 29.1 Å². The predicted molar refractivity (Wildman–Crippen MR) is 148 cm³/mol.